The first-order valence-corrected chi connectivity index (χ1v) is 7.88. The van der Waals surface area contributed by atoms with Gasteiger partial charge in [0, 0.05) is 13.0 Å². The van der Waals surface area contributed by atoms with Crippen LogP contribution in [0.1, 0.15) is 38.2 Å². The smallest absolute Gasteiger partial charge is 0.341 e. The van der Waals surface area contributed by atoms with Crippen molar-refractivity contribution in [1.82, 2.24) is 5.32 Å². The standard InChI is InChI=1S/C17H23NO5/c1-12-5-6-14(23-12)7-8-16(19)18-10-13-3-2-4-15(9-13)22-11-17(20)21/h2-4,9,12,14H,5-8,10-11H2,1H3,(H,18,19)(H,20,21)/t12-,14+/m0/s1. The Morgan fingerprint density at radius 1 is 1.39 bits per heavy atom. The molecule has 1 fully saturated rings. The van der Waals surface area contributed by atoms with Crippen LogP contribution in [0.25, 0.3) is 0 Å². The number of carbonyl (C=O) groups is 2. The summed E-state index contributed by atoms with van der Waals surface area (Å²) in [5, 5.41) is 11.5. The van der Waals surface area contributed by atoms with Gasteiger partial charge < -0.3 is 19.9 Å². The van der Waals surface area contributed by atoms with Gasteiger partial charge in [0.15, 0.2) is 6.61 Å². The van der Waals surface area contributed by atoms with E-state index in [-0.39, 0.29) is 18.6 Å². The molecule has 126 valence electrons. The van der Waals surface area contributed by atoms with E-state index in [1.807, 2.05) is 6.07 Å². The molecular weight excluding hydrogens is 298 g/mol. The molecule has 2 atom stereocenters. The summed E-state index contributed by atoms with van der Waals surface area (Å²) in [6, 6.07) is 7.04. The molecule has 2 rings (SSSR count). The number of hydrogen-bond acceptors (Lipinski definition) is 4. The van der Waals surface area contributed by atoms with Crippen LogP contribution < -0.4 is 10.1 Å². The van der Waals surface area contributed by atoms with Crippen molar-refractivity contribution in [3.63, 3.8) is 0 Å². The molecule has 2 N–H and O–H groups in total. The number of carboxylic acids is 1. The second-order valence-corrected chi connectivity index (χ2v) is 5.79. The predicted octanol–water partition coefficient (Wildman–Crippen LogP) is 2.11. The summed E-state index contributed by atoms with van der Waals surface area (Å²) < 4.78 is 10.8. The van der Waals surface area contributed by atoms with Crippen molar-refractivity contribution in [2.75, 3.05) is 6.61 Å². The number of hydrogen-bond donors (Lipinski definition) is 2. The monoisotopic (exact) mass is 321 g/mol. The average Bonchev–Trinajstić information content (AvgIpc) is 2.95. The normalized spacial score (nSPS) is 20.2. The van der Waals surface area contributed by atoms with Gasteiger partial charge in [0.1, 0.15) is 5.75 Å². The van der Waals surface area contributed by atoms with Crippen LogP contribution in [0.4, 0.5) is 0 Å². The number of ether oxygens (including phenoxy) is 2. The molecule has 0 aliphatic carbocycles. The van der Waals surface area contributed by atoms with E-state index in [0.29, 0.717) is 24.8 Å². The Hall–Kier alpha value is -2.08. The molecule has 0 radical (unpaired) electrons. The molecule has 0 spiro atoms. The molecule has 1 saturated heterocycles. The number of aliphatic carboxylic acids is 1. The summed E-state index contributed by atoms with van der Waals surface area (Å²) >= 11 is 0. The zero-order valence-corrected chi connectivity index (χ0v) is 13.3. The summed E-state index contributed by atoms with van der Waals surface area (Å²) in [4.78, 5) is 22.4. The highest BCUT2D eigenvalue weighted by atomic mass is 16.5. The molecule has 0 aromatic heterocycles. The van der Waals surface area contributed by atoms with Gasteiger partial charge in [-0.25, -0.2) is 4.79 Å². The Morgan fingerprint density at radius 2 is 2.22 bits per heavy atom. The van der Waals surface area contributed by atoms with E-state index in [1.165, 1.54) is 0 Å². The Bertz CT molecular complexity index is 546. The first kappa shape index (κ1) is 17.3. The summed E-state index contributed by atoms with van der Waals surface area (Å²) in [7, 11) is 0. The van der Waals surface area contributed by atoms with E-state index in [1.54, 1.807) is 18.2 Å². The van der Waals surface area contributed by atoms with Crippen LogP contribution in [0, 0.1) is 0 Å². The number of benzene rings is 1. The number of rotatable bonds is 8. The summed E-state index contributed by atoms with van der Waals surface area (Å²) in [6.45, 7) is 2.07. The van der Waals surface area contributed by atoms with Crippen molar-refractivity contribution in [2.24, 2.45) is 0 Å². The summed E-state index contributed by atoms with van der Waals surface area (Å²) in [5.74, 6) is -0.551. The molecule has 1 aliphatic heterocycles. The minimum atomic E-state index is -1.02. The predicted molar refractivity (Wildman–Crippen MR) is 84.2 cm³/mol. The second kappa shape index (κ2) is 8.53. The fraction of sp³-hybridized carbons (Fsp3) is 0.529. The molecule has 0 saturated carbocycles. The number of carboxylic acid groups (broad SMARTS) is 1. The zero-order chi connectivity index (χ0) is 16.7. The molecule has 1 aliphatic rings. The molecule has 0 bridgehead atoms. The third kappa shape index (κ3) is 6.28. The van der Waals surface area contributed by atoms with Crippen molar-refractivity contribution >= 4 is 11.9 Å². The van der Waals surface area contributed by atoms with Gasteiger partial charge in [0.05, 0.1) is 12.2 Å². The average molecular weight is 321 g/mol. The fourth-order valence-corrected chi connectivity index (χ4v) is 2.57. The van der Waals surface area contributed by atoms with Gasteiger partial charge in [0.25, 0.3) is 0 Å². The molecule has 1 aromatic carbocycles. The zero-order valence-electron chi connectivity index (χ0n) is 13.3. The third-order valence-corrected chi connectivity index (χ3v) is 3.76. The number of carbonyl (C=O) groups excluding carboxylic acids is 1. The van der Waals surface area contributed by atoms with Crippen LogP contribution in [0.2, 0.25) is 0 Å². The Labute approximate surface area is 135 Å². The molecular formula is C17H23NO5. The fourth-order valence-electron chi connectivity index (χ4n) is 2.57. The van der Waals surface area contributed by atoms with E-state index < -0.39 is 5.97 Å². The minimum Gasteiger partial charge on any atom is -0.482 e. The minimum absolute atomic E-state index is 0.00925. The highest BCUT2D eigenvalue weighted by Crippen LogP contribution is 2.22. The lowest BCUT2D eigenvalue weighted by atomic mass is 10.1. The third-order valence-electron chi connectivity index (χ3n) is 3.76. The van der Waals surface area contributed by atoms with Crippen LogP contribution in [0.3, 0.4) is 0 Å². The lowest BCUT2D eigenvalue weighted by molar-refractivity contribution is -0.139. The summed E-state index contributed by atoms with van der Waals surface area (Å²) in [5.41, 5.74) is 0.868. The van der Waals surface area contributed by atoms with E-state index in [4.69, 9.17) is 14.6 Å². The lowest BCUT2D eigenvalue weighted by Crippen LogP contribution is -2.24. The van der Waals surface area contributed by atoms with Crippen molar-refractivity contribution in [2.45, 2.75) is 51.4 Å². The molecule has 1 amide bonds. The second-order valence-electron chi connectivity index (χ2n) is 5.79. The van der Waals surface area contributed by atoms with Crippen LogP contribution in [0.15, 0.2) is 24.3 Å². The van der Waals surface area contributed by atoms with E-state index in [2.05, 4.69) is 12.2 Å². The van der Waals surface area contributed by atoms with Crippen molar-refractivity contribution in [1.29, 1.82) is 0 Å². The Balaban J connectivity index is 1.71. The van der Waals surface area contributed by atoms with Crippen LogP contribution in [0.5, 0.6) is 5.75 Å². The molecule has 6 nitrogen and oxygen atoms in total. The first-order valence-electron chi connectivity index (χ1n) is 7.88. The van der Waals surface area contributed by atoms with Crippen molar-refractivity contribution in [3.8, 4) is 5.75 Å². The van der Waals surface area contributed by atoms with E-state index in [9.17, 15) is 9.59 Å². The molecule has 1 heterocycles. The maximum atomic E-state index is 11.9. The van der Waals surface area contributed by atoms with Crippen molar-refractivity contribution in [3.05, 3.63) is 29.8 Å². The SMILES string of the molecule is C[C@H]1CC[C@H](CCC(=O)NCc2cccc(OCC(=O)O)c2)O1. The number of amides is 1. The van der Waals surface area contributed by atoms with Gasteiger partial charge in [-0.3, -0.25) is 4.79 Å². The van der Waals surface area contributed by atoms with Gasteiger partial charge in [-0.15, -0.1) is 0 Å². The lowest BCUT2D eigenvalue weighted by Gasteiger charge is -2.11. The van der Waals surface area contributed by atoms with Crippen molar-refractivity contribution < 1.29 is 24.2 Å². The van der Waals surface area contributed by atoms with E-state index in [0.717, 1.165) is 24.8 Å². The molecule has 23 heavy (non-hydrogen) atoms. The number of nitrogens with one attached hydrogen (secondary N) is 1. The molecule has 0 unspecified atom stereocenters. The largest absolute Gasteiger partial charge is 0.482 e. The highest BCUT2D eigenvalue weighted by Gasteiger charge is 2.22. The Morgan fingerprint density at radius 3 is 2.91 bits per heavy atom. The van der Waals surface area contributed by atoms with Crippen LogP contribution in [-0.2, 0) is 20.9 Å². The molecule has 6 heteroatoms. The quantitative estimate of drug-likeness (QED) is 0.766. The van der Waals surface area contributed by atoms with E-state index >= 15 is 0 Å². The van der Waals surface area contributed by atoms with Gasteiger partial charge >= 0.3 is 5.97 Å². The maximum absolute atomic E-state index is 11.9. The Kier molecular flexibility index (Phi) is 6.40. The van der Waals surface area contributed by atoms with Gasteiger partial charge in [-0.2, -0.15) is 0 Å². The maximum Gasteiger partial charge on any atom is 0.341 e. The van der Waals surface area contributed by atoms with Gasteiger partial charge in [-0.1, -0.05) is 12.1 Å². The first-order chi connectivity index (χ1) is 11.0. The molecule has 1 aromatic rings. The van der Waals surface area contributed by atoms with Gasteiger partial charge in [0.2, 0.25) is 5.91 Å². The van der Waals surface area contributed by atoms with Gasteiger partial charge in [-0.05, 0) is 43.9 Å². The highest BCUT2D eigenvalue weighted by molar-refractivity contribution is 5.75. The topological polar surface area (TPSA) is 84.9 Å². The summed E-state index contributed by atoms with van der Waals surface area (Å²) in [6.07, 6.45) is 3.79. The van der Waals surface area contributed by atoms with Crippen LogP contribution in [-0.4, -0.2) is 35.8 Å². The van der Waals surface area contributed by atoms with Crippen LogP contribution >= 0.6 is 0 Å².